The summed E-state index contributed by atoms with van der Waals surface area (Å²) >= 11 is 0. The van der Waals surface area contributed by atoms with Crippen LogP contribution in [0.5, 0.6) is 0 Å². The number of esters is 1. The van der Waals surface area contributed by atoms with Gasteiger partial charge in [0, 0.05) is 12.8 Å². The molecule has 1 N–H and O–H groups in total. The highest BCUT2D eigenvalue weighted by molar-refractivity contribution is 7.45. The van der Waals surface area contributed by atoms with Crippen LogP contribution < -0.4 is 10.2 Å². The molecule has 1 amide bonds. The van der Waals surface area contributed by atoms with Crippen LogP contribution in [-0.4, -0.2) is 69.4 Å². The minimum absolute atomic E-state index is 0.0269. The minimum atomic E-state index is -4.70. The molecule has 0 fully saturated rings. The average molecular weight is 1130 g/mol. The molecular weight excluding hydrogens is 1000 g/mol. The average Bonchev–Trinajstić information content (AvgIpc) is 3.41. The summed E-state index contributed by atoms with van der Waals surface area (Å²) in [4.78, 5) is 40.0. The van der Waals surface area contributed by atoms with E-state index in [9.17, 15) is 19.0 Å². The van der Waals surface area contributed by atoms with Crippen LogP contribution in [0.25, 0.3) is 0 Å². The minimum Gasteiger partial charge on any atom is -0.756 e. The summed E-state index contributed by atoms with van der Waals surface area (Å²) < 4.78 is 30.3. The molecule has 0 rings (SSSR count). The summed E-state index contributed by atoms with van der Waals surface area (Å²) in [6.07, 6.45) is 77.0. The molecule has 0 spiro atoms. The number of carbonyl (C=O) groups excluding carboxylic acids is 2. The lowest BCUT2D eigenvalue weighted by Gasteiger charge is -2.30. The van der Waals surface area contributed by atoms with E-state index in [1.54, 1.807) is 0 Å². The number of nitrogens with zero attached hydrogens (tertiary/aromatic N) is 1. The van der Waals surface area contributed by atoms with Gasteiger partial charge >= 0.3 is 5.97 Å². The lowest BCUT2D eigenvalue weighted by atomic mass is 10.0. The Hall–Kier alpha value is -2.81. The molecule has 0 saturated carbocycles. The van der Waals surface area contributed by atoms with Crippen molar-refractivity contribution in [1.29, 1.82) is 0 Å². The fourth-order valence-electron chi connectivity index (χ4n) is 9.25. The van der Waals surface area contributed by atoms with Gasteiger partial charge in [0.2, 0.25) is 5.91 Å². The van der Waals surface area contributed by atoms with E-state index in [-0.39, 0.29) is 24.9 Å². The second-order valence-corrected chi connectivity index (χ2v) is 24.6. The van der Waals surface area contributed by atoms with Crippen LogP contribution in [-0.2, 0) is 27.9 Å². The molecule has 0 aromatic carbocycles. The van der Waals surface area contributed by atoms with Gasteiger partial charge in [0.15, 0.2) is 0 Å². The van der Waals surface area contributed by atoms with Gasteiger partial charge in [-0.1, -0.05) is 260 Å². The van der Waals surface area contributed by atoms with E-state index in [0.717, 1.165) is 109 Å². The van der Waals surface area contributed by atoms with Crippen LogP contribution in [0.2, 0.25) is 0 Å². The Labute approximate surface area is 488 Å². The molecule has 0 heterocycles. The first-order chi connectivity index (χ1) is 38.4. The summed E-state index contributed by atoms with van der Waals surface area (Å²) in [7, 11) is 1.17. The number of hydrogen-bond acceptors (Lipinski definition) is 7. The van der Waals surface area contributed by atoms with E-state index >= 15 is 0 Å². The van der Waals surface area contributed by atoms with E-state index in [2.05, 4.69) is 99.0 Å². The molecule has 3 unspecified atom stereocenters. The summed E-state index contributed by atoms with van der Waals surface area (Å²) in [5.74, 6) is -0.552. The maximum absolute atomic E-state index is 13.6. The topological polar surface area (TPSA) is 114 Å². The Morgan fingerprint density at radius 2 is 0.810 bits per heavy atom. The van der Waals surface area contributed by atoms with E-state index in [1.807, 2.05) is 33.3 Å². The van der Waals surface area contributed by atoms with Crippen molar-refractivity contribution < 1.29 is 37.3 Å². The summed E-state index contributed by atoms with van der Waals surface area (Å²) in [5.41, 5.74) is 0. The molecule has 9 nitrogen and oxygen atoms in total. The lowest BCUT2D eigenvalue weighted by molar-refractivity contribution is -0.870. The van der Waals surface area contributed by atoms with Gasteiger partial charge in [0.05, 0.1) is 33.8 Å². The van der Waals surface area contributed by atoms with Crippen molar-refractivity contribution in [3.05, 3.63) is 85.1 Å². The first-order valence-corrected chi connectivity index (χ1v) is 34.4. The third-order valence-electron chi connectivity index (χ3n) is 14.3. The van der Waals surface area contributed by atoms with Crippen LogP contribution in [0.1, 0.15) is 290 Å². The van der Waals surface area contributed by atoms with E-state index < -0.39 is 26.6 Å². The molecule has 0 saturated heterocycles. The van der Waals surface area contributed by atoms with Gasteiger partial charge in [-0.15, -0.1) is 0 Å². The largest absolute Gasteiger partial charge is 0.756 e. The predicted molar refractivity (Wildman–Crippen MR) is 339 cm³/mol. The third kappa shape index (κ3) is 59.6. The van der Waals surface area contributed by atoms with E-state index in [4.69, 9.17) is 13.8 Å². The number of rotatable bonds is 59. The van der Waals surface area contributed by atoms with Gasteiger partial charge in [0.25, 0.3) is 7.82 Å². The number of carbonyl (C=O) groups is 2. The second-order valence-electron chi connectivity index (χ2n) is 23.2. The molecule has 0 aromatic rings. The highest BCUT2D eigenvalue weighted by atomic mass is 31.2. The number of likely N-dealkylation sites (N-methyl/N-ethyl adjacent to an activating group) is 1. The number of phosphoric acid groups is 1. The Balaban J connectivity index is 5.07. The Kier molecular flexibility index (Phi) is 56.3. The maximum atomic E-state index is 13.6. The number of quaternary nitrogens is 1. The molecule has 0 aromatic heterocycles. The van der Waals surface area contributed by atoms with Gasteiger partial charge in [-0.2, -0.15) is 0 Å². The van der Waals surface area contributed by atoms with Crippen molar-refractivity contribution in [2.24, 2.45) is 0 Å². The number of nitrogens with one attached hydrogen (secondary N) is 1. The number of unbranched alkanes of at least 4 members (excludes halogenated alkanes) is 31. The molecule has 79 heavy (non-hydrogen) atoms. The third-order valence-corrected chi connectivity index (χ3v) is 15.3. The number of hydrogen-bond donors (Lipinski definition) is 1. The molecule has 0 aliphatic carbocycles. The molecule has 10 heteroatoms. The zero-order chi connectivity index (χ0) is 57.9. The van der Waals surface area contributed by atoms with Crippen LogP contribution in [0.3, 0.4) is 0 Å². The quantitative estimate of drug-likeness (QED) is 0.0212. The van der Waals surface area contributed by atoms with Crippen LogP contribution >= 0.6 is 7.82 Å². The van der Waals surface area contributed by atoms with Crippen LogP contribution in [0.4, 0.5) is 0 Å². The van der Waals surface area contributed by atoms with Crippen LogP contribution in [0, 0.1) is 0 Å². The monoisotopic (exact) mass is 1120 g/mol. The number of allylic oxidation sites excluding steroid dienone is 13. The number of ether oxygens (including phenoxy) is 1. The highest BCUT2D eigenvalue weighted by Gasteiger charge is 2.27. The van der Waals surface area contributed by atoms with Gasteiger partial charge in [-0.3, -0.25) is 14.2 Å². The molecule has 0 radical (unpaired) electrons. The maximum Gasteiger partial charge on any atom is 0.306 e. The molecule has 458 valence electrons. The first-order valence-electron chi connectivity index (χ1n) is 32.9. The Morgan fingerprint density at radius 1 is 0.456 bits per heavy atom. The normalized spacial score (nSPS) is 14.2. The van der Waals surface area contributed by atoms with Crippen molar-refractivity contribution in [3.8, 4) is 0 Å². The summed E-state index contributed by atoms with van der Waals surface area (Å²) in [5, 5.41) is 3.03. The second kappa shape index (κ2) is 58.4. The Morgan fingerprint density at radius 3 is 1.24 bits per heavy atom. The molecular formula is C69H125N2O7P. The standard InChI is InChI=1S/C69H125N2O7P/c1-7-10-13-16-19-22-25-28-30-31-32-33-34-35-36-37-38-39-40-41-42-43-46-49-52-55-58-61-68(72)70-66(65-77-79(74,75)76-64-63-71(4,5)6)67(60-57-54-51-48-45-27-24-21-18-15-12-9-3)78-69(73)62-59-56-53-50-47-44-29-26-23-20-17-14-11-8-2/h11,14,19-20,22-23,28,30,32-33,35-36,57,60,66-67H,7-10,12-13,15-18,21,24-27,29,31,34,37-56,58-59,61-65H2,1-6H3,(H-,70,72,74,75)/b14-11+,22-19-,23-20+,30-28-,33-32-,36-35-,60-57-. The van der Waals surface area contributed by atoms with Crippen molar-refractivity contribution in [3.63, 3.8) is 0 Å². The molecule has 0 bridgehead atoms. The Bertz CT molecular complexity index is 1630. The molecule has 0 aliphatic heterocycles. The SMILES string of the molecule is CC/C=C/C/C=C/CCCCCCCCCC(=O)OC(/C=C\CCCCCCCCCCCC)C(COP(=O)([O-])OCC[N+](C)(C)C)NC(=O)CCCCCCCCCCCCC/C=C\C/C=C\C/C=C\C/C=C\CCCCC. The van der Waals surface area contributed by atoms with Crippen molar-refractivity contribution >= 4 is 19.7 Å². The highest BCUT2D eigenvalue weighted by Crippen LogP contribution is 2.38. The van der Waals surface area contributed by atoms with Crippen molar-refractivity contribution in [2.45, 2.75) is 303 Å². The predicted octanol–water partition coefficient (Wildman–Crippen LogP) is 19.9. The summed E-state index contributed by atoms with van der Waals surface area (Å²) in [6, 6.07) is -0.897. The fraction of sp³-hybridized carbons (Fsp3) is 0.768. The smallest absolute Gasteiger partial charge is 0.306 e. The number of phosphoric ester groups is 1. The van der Waals surface area contributed by atoms with Crippen LogP contribution in [0.15, 0.2) is 85.1 Å². The van der Waals surface area contributed by atoms with Gasteiger partial charge in [0.1, 0.15) is 19.3 Å². The van der Waals surface area contributed by atoms with Gasteiger partial charge in [-0.25, -0.2) is 0 Å². The molecule has 0 aliphatic rings. The van der Waals surface area contributed by atoms with Gasteiger partial charge < -0.3 is 28.5 Å². The zero-order valence-electron chi connectivity index (χ0n) is 52.3. The first kappa shape index (κ1) is 76.2. The fourth-order valence-corrected chi connectivity index (χ4v) is 9.97. The number of amides is 1. The zero-order valence-corrected chi connectivity index (χ0v) is 53.2. The van der Waals surface area contributed by atoms with Crippen molar-refractivity contribution in [1.82, 2.24) is 5.32 Å². The van der Waals surface area contributed by atoms with Crippen molar-refractivity contribution in [2.75, 3.05) is 40.9 Å². The van der Waals surface area contributed by atoms with E-state index in [1.165, 1.54) is 148 Å². The lowest BCUT2D eigenvalue weighted by Crippen LogP contribution is -2.47. The van der Waals surface area contributed by atoms with E-state index in [0.29, 0.717) is 17.4 Å². The summed E-state index contributed by atoms with van der Waals surface area (Å²) in [6.45, 7) is 6.71. The van der Waals surface area contributed by atoms with Gasteiger partial charge in [-0.05, 0) is 102 Å². The molecule has 3 atom stereocenters.